The predicted octanol–water partition coefficient (Wildman–Crippen LogP) is 3.53. The average Bonchev–Trinajstić information content (AvgIpc) is 2.38. The van der Waals surface area contributed by atoms with Crippen molar-refractivity contribution in [3.63, 3.8) is 0 Å². The number of sulfone groups is 1. The summed E-state index contributed by atoms with van der Waals surface area (Å²) in [6, 6.07) is 6.36. The summed E-state index contributed by atoms with van der Waals surface area (Å²) in [6.07, 6.45) is 1.51. The molecule has 0 fully saturated rings. The van der Waals surface area contributed by atoms with E-state index in [9.17, 15) is 8.42 Å². The third-order valence-electron chi connectivity index (χ3n) is 3.07. The minimum atomic E-state index is -2.86. The van der Waals surface area contributed by atoms with Gasteiger partial charge in [-0.2, -0.15) is 0 Å². The molecule has 1 aromatic rings. The molecule has 1 unspecified atom stereocenters. The molecular weight excluding hydrogens is 441 g/mol. The molecule has 0 saturated carbocycles. The molecule has 1 aromatic carbocycles. The number of hydrogen-bond acceptors (Lipinski definition) is 3. The lowest BCUT2D eigenvalue weighted by Crippen LogP contribution is -2.19. The quantitative estimate of drug-likeness (QED) is 0.634. The summed E-state index contributed by atoms with van der Waals surface area (Å²) in [4.78, 5) is 0. The maximum Gasteiger partial charge on any atom is 0.150 e. The lowest BCUT2D eigenvalue weighted by atomic mass is 10.0. The smallest absolute Gasteiger partial charge is 0.150 e. The molecular formula is C13H19BrINO2S. The molecule has 0 heterocycles. The van der Waals surface area contributed by atoms with Gasteiger partial charge in [-0.1, -0.05) is 22.9 Å². The predicted molar refractivity (Wildman–Crippen MR) is 92.2 cm³/mol. The molecule has 0 aromatic heterocycles. The van der Waals surface area contributed by atoms with E-state index in [1.807, 2.05) is 13.1 Å². The minimum Gasteiger partial charge on any atom is -0.313 e. The lowest BCUT2D eigenvalue weighted by molar-refractivity contribution is 0.533. The van der Waals surface area contributed by atoms with Crippen LogP contribution >= 0.6 is 38.5 Å². The summed E-state index contributed by atoms with van der Waals surface area (Å²) in [5.74, 6) is 0.498. The molecule has 0 bridgehead atoms. The summed E-state index contributed by atoms with van der Waals surface area (Å²) in [7, 11) is -0.950. The maximum atomic E-state index is 11.5. The molecule has 3 nitrogen and oxygen atoms in total. The van der Waals surface area contributed by atoms with E-state index in [1.54, 1.807) is 6.92 Å². The molecule has 6 heteroatoms. The number of benzene rings is 1. The third-order valence-corrected chi connectivity index (χ3v) is 6.34. The molecule has 0 amide bonds. The fourth-order valence-corrected chi connectivity index (χ4v) is 3.87. The van der Waals surface area contributed by atoms with Crippen LogP contribution in [-0.4, -0.2) is 27.0 Å². The average molecular weight is 460 g/mol. The van der Waals surface area contributed by atoms with E-state index < -0.39 is 9.84 Å². The van der Waals surface area contributed by atoms with E-state index in [1.165, 1.54) is 9.13 Å². The fourth-order valence-electron chi connectivity index (χ4n) is 1.89. The number of rotatable bonds is 7. The van der Waals surface area contributed by atoms with Crippen molar-refractivity contribution in [2.75, 3.05) is 18.6 Å². The summed E-state index contributed by atoms with van der Waals surface area (Å²) >= 11 is 5.79. The molecule has 1 N–H and O–H groups in total. The van der Waals surface area contributed by atoms with Gasteiger partial charge in [-0.05, 0) is 66.2 Å². The summed E-state index contributed by atoms with van der Waals surface area (Å²) < 4.78 is 25.2. The molecule has 0 aliphatic carbocycles. The van der Waals surface area contributed by atoms with Crippen molar-refractivity contribution in [3.8, 4) is 0 Å². The summed E-state index contributed by atoms with van der Waals surface area (Å²) in [6.45, 7) is 1.70. The van der Waals surface area contributed by atoms with Crippen molar-refractivity contribution in [1.82, 2.24) is 5.32 Å². The van der Waals surface area contributed by atoms with Crippen LogP contribution in [0.2, 0.25) is 0 Å². The van der Waals surface area contributed by atoms with Crippen LogP contribution in [0.4, 0.5) is 0 Å². The minimum absolute atomic E-state index is 0.191. The highest BCUT2D eigenvalue weighted by atomic mass is 127. The van der Waals surface area contributed by atoms with E-state index in [0.29, 0.717) is 6.42 Å². The number of halogens is 2. The van der Waals surface area contributed by atoms with Crippen LogP contribution in [-0.2, 0) is 9.84 Å². The van der Waals surface area contributed by atoms with Gasteiger partial charge in [-0.15, -0.1) is 0 Å². The number of hydrogen-bond donors (Lipinski definition) is 1. The van der Waals surface area contributed by atoms with Gasteiger partial charge in [0.2, 0.25) is 0 Å². The number of nitrogens with one attached hydrogen (secondary N) is 1. The second-order valence-electron chi connectivity index (χ2n) is 4.39. The van der Waals surface area contributed by atoms with Crippen LogP contribution in [0.1, 0.15) is 31.4 Å². The van der Waals surface area contributed by atoms with Gasteiger partial charge in [-0.25, -0.2) is 8.42 Å². The Labute approximate surface area is 137 Å². The van der Waals surface area contributed by atoms with Gasteiger partial charge >= 0.3 is 0 Å². The highest BCUT2D eigenvalue weighted by Gasteiger charge is 2.15. The monoisotopic (exact) mass is 459 g/mol. The first-order valence-corrected chi connectivity index (χ1v) is 9.91. The lowest BCUT2D eigenvalue weighted by Gasteiger charge is -2.18. The van der Waals surface area contributed by atoms with E-state index in [0.717, 1.165) is 10.9 Å². The van der Waals surface area contributed by atoms with Gasteiger partial charge in [0.15, 0.2) is 0 Å². The second kappa shape index (κ2) is 7.95. The van der Waals surface area contributed by atoms with E-state index in [-0.39, 0.29) is 17.5 Å². The van der Waals surface area contributed by atoms with Crippen molar-refractivity contribution in [3.05, 3.63) is 31.8 Å². The highest BCUT2D eigenvalue weighted by molar-refractivity contribution is 14.1. The van der Waals surface area contributed by atoms with Crippen molar-refractivity contribution in [2.24, 2.45) is 0 Å². The SMILES string of the molecule is CCS(=O)(=O)CCCC(NC)c1cc(Br)ccc1I. The molecule has 0 aliphatic rings. The first kappa shape index (κ1) is 17.4. The van der Waals surface area contributed by atoms with Gasteiger partial charge in [0.05, 0.1) is 5.75 Å². The molecule has 0 aliphatic heterocycles. The van der Waals surface area contributed by atoms with E-state index in [2.05, 4.69) is 56.0 Å². The Bertz CT molecular complexity index is 519. The van der Waals surface area contributed by atoms with Crippen LogP contribution in [0.5, 0.6) is 0 Å². The molecule has 108 valence electrons. The van der Waals surface area contributed by atoms with Crippen molar-refractivity contribution in [1.29, 1.82) is 0 Å². The topological polar surface area (TPSA) is 46.2 Å². The maximum absolute atomic E-state index is 11.5. The Balaban J connectivity index is 2.71. The molecule has 0 radical (unpaired) electrons. The Morgan fingerprint density at radius 3 is 2.68 bits per heavy atom. The van der Waals surface area contributed by atoms with Gasteiger partial charge in [0, 0.05) is 19.8 Å². The van der Waals surface area contributed by atoms with Gasteiger partial charge in [0.25, 0.3) is 0 Å². The van der Waals surface area contributed by atoms with Gasteiger partial charge < -0.3 is 5.32 Å². The molecule has 1 atom stereocenters. The van der Waals surface area contributed by atoms with E-state index >= 15 is 0 Å². The van der Waals surface area contributed by atoms with Crippen LogP contribution in [0.25, 0.3) is 0 Å². The second-order valence-corrected chi connectivity index (χ2v) is 8.94. The molecule has 0 saturated heterocycles. The first-order chi connectivity index (χ1) is 8.89. The van der Waals surface area contributed by atoms with Gasteiger partial charge in [-0.3, -0.25) is 0 Å². The fraction of sp³-hybridized carbons (Fsp3) is 0.538. The zero-order valence-electron chi connectivity index (χ0n) is 11.1. The molecule has 1 rings (SSSR count). The van der Waals surface area contributed by atoms with E-state index in [4.69, 9.17) is 0 Å². The largest absolute Gasteiger partial charge is 0.313 e. The summed E-state index contributed by atoms with van der Waals surface area (Å²) in [5.41, 5.74) is 1.21. The van der Waals surface area contributed by atoms with Crippen molar-refractivity contribution >= 4 is 48.4 Å². The highest BCUT2D eigenvalue weighted by Crippen LogP contribution is 2.27. The van der Waals surface area contributed by atoms with Crippen LogP contribution < -0.4 is 5.32 Å². The Hall–Kier alpha value is 0.340. The Morgan fingerprint density at radius 2 is 2.11 bits per heavy atom. The molecule has 19 heavy (non-hydrogen) atoms. The zero-order chi connectivity index (χ0) is 14.5. The van der Waals surface area contributed by atoms with Crippen LogP contribution in [0.15, 0.2) is 22.7 Å². The van der Waals surface area contributed by atoms with Gasteiger partial charge in [0.1, 0.15) is 9.84 Å². The van der Waals surface area contributed by atoms with Crippen LogP contribution in [0, 0.1) is 3.57 Å². The van der Waals surface area contributed by atoms with Crippen LogP contribution in [0.3, 0.4) is 0 Å². The summed E-state index contributed by atoms with van der Waals surface area (Å²) in [5, 5.41) is 3.27. The normalized spacial score (nSPS) is 13.5. The zero-order valence-corrected chi connectivity index (χ0v) is 15.7. The Kier molecular flexibility index (Phi) is 7.28. The standard InChI is InChI=1S/C13H19BrINO2S/c1-3-19(17,18)8-4-5-13(16-2)11-9-10(14)6-7-12(11)15/h6-7,9,13,16H,3-5,8H2,1-2H3. The first-order valence-electron chi connectivity index (χ1n) is 6.22. The van der Waals surface area contributed by atoms with Crippen molar-refractivity contribution in [2.45, 2.75) is 25.8 Å². The Morgan fingerprint density at radius 1 is 1.42 bits per heavy atom. The van der Waals surface area contributed by atoms with Crippen molar-refractivity contribution < 1.29 is 8.42 Å². The molecule has 0 spiro atoms. The third kappa shape index (κ3) is 5.69.